The van der Waals surface area contributed by atoms with Crippen molar-refractivity contribution in [1.29, 1.82) is 0 Å². The van der Waals surface area contributed by atoms with Gasteiger partial charge in [-0.1, -0.05) is 85.3 Å². The number of carbonyl (C=O) groups excluding carboxylic acids is 2. The summed E-state index contributed by atoms with van der Waals surface area (Å²) in [6, 6.07) is 25.5. The molecule has 1 heterocycles. The molecule has 1 spiro atoms. The molecule has 1 aliphatic carbocycles. The maximum Gasteiger partial charge on any atom is 0.236 e. The van der Waals surface area contributed by atoms with Crippen LogP contribution in [0.4, 0.5) is 5.69 Å². The summed E-state index contributed by atoms with van der Waals surface area (Å²) in [5.41, 5.74) is 3.26. The Kier molecular flexibility index (Phi) is 4.79. The minimum absolute atomic E-state index is 0.0294. The second kappa shape index (κ2) is 7.51. The maximum absolute atomic E-state index is 14.0. The monoisotopic (exact) mass is 427 g/mol. The molecule has 4 heteroatoms. The number of hydrogen-bond donors (Lipinski definition) is 1. The SMILES string of the molecule is C[C@H]1C=C(C=O)[C@@H](c2ccccc2)[C@]2(C(=O)Nc3ccc(Cl)cc32)[C@@H]1c1ccccc1. The summed E-state index contributed by atoms with van der Waals surface area (Å²) in [7, 11) is 0. The number of rotatable bonds is 3. The van der Waals surface area contributed by atoms with Gasteiger partial charge in [0.05, 0.1) is 5.41 Å². The number of nitrogens with one attached hydrogen (secondary N) is 1. The highest BCUT2D eigenvalue weighted by Gasteiger charge is 2.61. The van der Waals surface area contributed by atoms with Crippen molar-refractivity contribution >= 4 is 29.5 Å². The van der Waals surface area contributed by atoms with Gasteiger partial charge in [0.1, 0.15) is 6.29 Å². The lowest BCUT2D eigenvalue weighted by molar-refractivity contribution is -0.123. The molecule has 1 N–H and O–H groups in total. The zero-order chi connectivity index (χ0) is 21.6. The first-order valence-corrected chi connectivity index (χ1v) is 10.8. The van der Waals surface area contributed by atoms with Gasteiger partial charge in [-0.25, -0.2) is 0 Å². The highest BCUT2D eigenvalue weighted by atomic mass is 35.5. The number of amides is 1. The Morgan fingerprint density at radius 1 is 0.935 bits per heavy atom. The molecule has 3 aromatic carbocycles. The molecule has 0 saturated carbocycles. The lowest BCUT2D eigenvalue weighted by Gasteiger charge is -2.48. The van der Waals surface area contributed by atoms with E-state index in [1.54, 1.807) is 6.07 Å². The van der Waals surface area contributed by atoms with Crippen LogP contribution in [0.5, 0.6) is 0 Å². The fourth-order valence-corrected chi connectivity index (χ4v) is 5.87. The summed E-state index contributed by atoms with van der Waals surface area (Å²) in [6.45, 7) is 2.08. The molecule has 4 atom stereocenters. The van der Waals surface area contributed by atoms with Crippen molar-refractivity contribution in [1.82, 2.24) is 0 Å². The lowest BCUT2D eigenvalue weighted by atomic mass is 9.52. The molecule has 1 amide bonds. The minimum atomic E-state index is -0.993. The molecule has 5 rings (SSSR count). The number of benzene rings is 3. The first-order valence-electron chi connectivity index (χ1n) is 10.5. The summed E-state index contributed by atoms with van der Waals surface area (Å²) in [5, 5.41) is 3.68. The van der Waals surface area contributed by atoms with E-state index in [4.69, 9.17) is 11.6 Å². The second-order valence-electron chi connectivity index (χ2n) is 8.39. The molecule has 0 radical (unpaired) electrons. The number of fused-ring (bicyclic) bond motifs is 2. The average Bonchev–Trinajstić information content (AvgIpc) is 3.06. The number of allylic oxidation sites excluding steroid dienone is 2. The number of carbonyl (C=O) groups is 2. The fraction of sp³-hybridized carbons (Fsp3) is 0.185. The first kappa shape index (κ1) is 19.8. The van der Waals surface area contributed by atoms with Crippen molar-refractivity contribution in [3.8, 4) is 0 Å². The van der Waals surface area contributed by atoms with Gasteiger partial charge in [-0.3, -0.25) is 9.59 Å². The molecular weight excluding hydrogens is 406 g/mol. The van der Waals surface area contributed by atoms with Gasteiger partial charge >= 0.3 is 0 Å². The highest BCUT2D eigenvalue weighted by Crippen LogP contribution is 2.62. The van der Waals surface area contributed by atoms with E-state index in [1.165, 1.54) is 0 Å². The van der Waals surface area contributed by atoms with Crippen LogP contribution in [-0.2, 0) is 15.0 Å². The average molecular weight is 428 g/mol. The van der Waals surface area contributed by atoms with Gasteiger partial charge in [-0.05, 0) is 46.4 Å². The van der Waals surface area contributed by atoms with E-state index < -0.39 is 11.3 Å². The van der Waals surface area contributed by atoms with Crippen molar-refractivity contribution < 1.29 is 9.59 Å². The zero-order valence-electron chi connectivity index (χ0n) is 17.1. The normalized spacial score (nSPS) is 26.8. The van der Waals surface area contributed by atoms with E-state index >= 15 is 0 Å². The van der Waals surface area contributed by atoms with Crippen molar-refractivity contribution in [2.45, 2.75) is 24.2 Å². The molecule has 0 bridgehead atoms. The molecule has 3 nitrogen and oxygen atoms in total. The van der Waals surface area contributed by atoms with Gasteiger partial charge in [0.25, 0.3) is 0 Å². The van der Waals surface area contributed by atoms with Crippen LogP contribution in [0.15, 0.2) is 90.5 Å². The minimum Gasteiger partial charge on any atom is -0.325 e. The van der Waals surface area contributed by atoms with Crippen LogP contribution < -0.4 is 5.32 Å². The highest BCUT2D eigenvalue weighted by molar-refractivity contribution is 6.31. The fourth-order valence-electron chi connectivity index (χ4n) is 5.70. The second-order valence-corrected chi connectivity index (χ2v) is 8.83. The van der Waals surface area contributed by atoms with Crippen LogP contribution >= 0.6 is 11.6 Å². The summed E-state index contributed by atoms with van der Waals surface area (Å²) in [4.78, 5) is 26.3. The topological polar surface area (TPSA) is 46.2 Å². The molecule has 1 aliphatic heterocycles. The van der Waals surface area contributed by atoms with Crippen LogP contribution in [0.1, 0.15) is 35.4 Å². The van der Waals surface area contributed by atoms with Crippen LogP contribution in [0.2, 0.25) is 5.02 Å². The van der Waals surface area contributed by atoms with Gasteiger partial charge in [0, 0.05) is 22.5 Å². The van der Waals surface area contributed by atoms with E-state index in [0.717, 1.165) is 28.7 Å². The largest absolute Gasteiger partial charge is 0.325 e. The Morgan fingerprint density at radius 2 is 1.58 bits per heavy atom. The quantitative estimate of drug-likeness (QED) is 0.531. The van der Waals surface area contributed by atoms with Crippen LogP contribution in [0.3, 0.4) is 0 Å². The Labute approximate surface area is 186 Å². The summed E-state index contributed by atoms with van der Waals surface area (Å²) < 4.78 is 0. The van der Waals surface area contributed by atoms with Crippen molar-refractivity contribution in [2.24, 2.45) is 5.92 Å². The smallest absolute Gasteiger partial charge is 0.236 e. The van der Waals surface area contributed by atoms with Gasteiger partial charge < -0.3 is 5.32 Å². The number of halogens is 1. The van der Waals surface area contributed by atoms with Gasteiger partial charge in [-0.2, -0.15) is 0 Å². The third-order valence-corrected chi connectivity index (χ3v) is 6.97. The van der Waals surface area contributed by atoms with Crippen molar-refractivity contribution in [2.75, 3.05) is 5.32 Å². The van der Waals surface area contributed by atoms with Gasteiger partial charge in [0.2, 0.25) is 5.91 Å². The van der Waals surface area contributed by atoms with Gasteiger partial charge in [0.15, 0.2) is 0 Å². The third kappa shape index (κ3) is 2.88. The summed E-state index contributed by atoms with van der Waals surface area (Å²) in [6.07, 6.45) is 2.94. The molecular formula is C27H22ClNO2. The molecule has 0 aromatic heterocycles. The van der Waals surface area contributed by atoms with E-state index in [0.29, 0.717) is 10.6 Å². The Hall–Kier alpha value is -3.17. The molecule has 3 aromatic rings. The van der Waals surface area contributed by atoms with Crippen molar-refractivity contribution in [3.63, 3.8) is 0 Å². The van der Waals surface area contributed by atoms with Crippen LogP contribution in [-0.4, -0.2) is 12.2 Å². The molecule has 0 fully saturated rings. The van der Waals surface area contributed by atoms with Crippen molar-refractivity contribution in [3.05, 3.63) is 112 Å². The summed E-state index contributed by atoms with van der Waals surface area (Å²) >= 11 is 6.44. The molecule has 2 aliphatic rings. The summed E-state index contributed by atoms with van der Waals surface area (Å²) in [5.74, 6) is -0.709. The van der Waals surface area contributed by atoms with E-state index in [9.17, 15) is 9.59 Å². The van der Waals surface area contributed by atoms with Crippen LogP contribution in [0.25, 0.3) is 0 Å². The Balaban J connectivity index is 1.90. The van der Waals surface area contributed by atoms with Crippen LogP contribution in [0, 0.1) is 5.92 Å². The number of hydrogen-bond acceptors (Lipinski definition) is 2. The molecule has 0 saturated heterocycles. The lowest BCUT2D eigenvalue weighted by Crippen LogP contribution is -2.50. The zero-order valence-corrected chi connectivity index (χ0v) is 17.8. The predicted molar refractivity (Wildman–Crippen MR) is 123 cm³/mol. The third-order valence-electron chi connectivity index (χ3n) is 6.74. The maximum atomic E-state index is 14.0. The first-order chi connectivity index (χ1) is 15.1. The molecule has 31 heavy (non-hydrogen) atoms. The number of aldehydes is 1. The Bertz CT molecular complexity index is 1190. The van der Waals surface area contributed by atoms with E-state index in [2.05, 4.69) is 24.4 Å². The standard InChI is InChI=1S/C27H22ClNO2/c1-17-14-20(16-30)25(19-10-6-3-7-11-19)27(24(17)18-8-4-2-5-9-18)22-15-21(28)12-13-23(22)29-26(27)31/h2-17,24-25H,1H3,(H,29,31)/t17-,24-,25+,27+/m0/s1. The molecule has 0 unspecified atom stereocenters. The van der Waals surface area contributed by atoms with E-state index in [1.807, 2.05) is 66.7 Å². The van der Waals surface area contributed by atoms with Gasteiger partial charge in [-0.15, -0.1) is 0 Å². The van der Waals surface area contributed by atoms with E-state index in [-0.39, 0.29) is 17.7 Å². The Morgan fingerprint density at radius 3 is 2.23 bits per heavy atom. The molecule has 154 valence electrons. The number of anilines is 1. The predicted octanol–water partition coefficient (Wildman–Crippen LogP) is 5.87.